The van der Waals surface area contributed by atoms with Gasteiger partial charge >= 0.3 is 0 Å². The molecule has 1 heterocycles. The van der Waals surface area contributed by atoms with Gasteiger partial charge in [-0.05, 0) is 42.7 Å². The minimum Gasteiger partial charge on any atom is -0.398 e. The normalized spacial score (nSPS) is 11.0. The Kier molecular flexibility index (Phi) is 3.86. The fourth-order valence-corrected chi connectivity index (χ4v) is 3.22. The Labute approximate surface area is 141 Å². The number of nitrogens with two attached hydrogens (primary N) is 1. The summed E-state index contributed by atoms with van der Waals surface area (Å²) in [5.41, 5.74) is 11.9. The Balaban J connectivity index is 2.52. The van der Waals surface area contributed by atoms with Crippen LogP contribution in [0.1, 0.15) is 42.1 Å². The van der Waals surface area contributed by atoms with Gasteiger partial charge in [0.25, 0.3) is 0 Å². The Hall–Kier alpha value is -3.06. The van der Waals surface area contributed by atoms with Crippen molar-refractivity contribution in [1.29, 1.82) is 10.7 Å². The molecule has 24 heavy (non-hydrogen) atoms. The van der Waals surface area contributed by atoms with Crippen LogP contribution in [0, 0.1) is 23.7 Å². The molecular weight excluding hydrogens is 296 g/mol. The minimum atomic E-state index is 0.178. The highest BCUT2D eigenvalue weighted by atomic mass is 15.0. The molecule has 4 nitrogen and oxygen atoms in total. The van der Waals surface area contributed by atoms with Gasteiger partial charge in [0.05, 0.1) is 11.1 Å². The van der Waals surface area contributed by atoms with Crippen LogP contribution >= 0.6 is 0 Å². The maximum Gasteiger partial charge on any atom is 0.102 e. The van der Waals surface area contributed by atoms with Crippen molar-refractivity contribution < 1.29 is 0 Å². The number of nitrogens with one attached hydrogen (secondary N) is 1. The number of benzene rings is 2. The van der Waals surface area contributed by atoms with Crippen LogP contribution in [-0.2, 0) is 0 Å². The highest BCUT2D eigenvalue weighted by molar-refractivity contribution is 5.98. The van der Waals surface area contributed by atoms with Crippen molar-refractivity contribution in [1.82, 2.24) is 4.57 Å². The van der Waals surface area contributed by atoms with Crippen LogP contribution in [0.2, 0.25) is 0 Å². The number of fused-ring (bicyclic) bond motifs is 1. The van der Waals surface area contributed by atoms with Gasteiger partial charge in [-0.25, -0.2) is 0 Å². The van der Waals surface area contributed by atoms with E-state index in [4.69, 9.17) is 11.1 Å². The summed E-state index contributed by atoms with van der Waals surface area (Å²) in [5, 5.41) is 18.2. The molecule has 0 bridgehead atoms. The average molecular weight is 316 g/mol. The van der Waals surface area contributed by atoms with Gasteiger partial charge in [0.15, 0.2) is 0 Å². The molecule has 0 aliphatic carbocycles. The number of anilines is 1. The fraction of sp³-hybridized carbons (Fsp3) is 0.200. The Morgan fingerprint density at radius 1 is 1.25 bits per heavy atom. The van der Waals surface area contributed by atoms with Gasteiger partial charge < -0.3 is 15.7 Å². The quantitative estimate of drug-likeness (QED) is 0.550. The van der Waals surface area contributed by atoms with E-state index in [1.54, 1.807) is 0 Å². The predicted molar refractivity (Wildman–Crippen MR) is 99.1 cm³/mol. The van der Waals surface area contributed by atoms with Crippen molar-refractivity contribution in [2.45, 2.75) is 26.7 Å². The predicted octanol–water partition coefficient (Wildman–Crippen LogP) is 4.51. The van der Waals surface area contributed by atoms with E-state index in [2.05, 4.69) is 43.5 Å². The number of nitrogen functional groups attached to an aromatic ring is 1. The number of hydrogen-bond acceptors (Lipinski definition) is 3. The van der Waals surface area contributed by atoms with Crippen LogP contribution in [0.25, 0.3) is 16.6 Å². The van der Waals surface area contributed by atoms with E-state index in [1.165, 1.54) is 6.21 Å². The molecular formula is C20H20N4. The van der Waals surface area contributed by atoms with Gasteiger partial charge in [-0.15, -0.1) is 0 Å². The summed E-state index contributed by atoms with van der Waals surface area (Å²) in [6, 6.07) is 14.3. The largest absolute Gasteiger partial charge is 0.398 e. The Morgan fingerprint density at radius 2 is 2.00 bits per heavy atom. The molecule has 0 spiro atoms. The van der Waals surface area contributed by atoms with E-state index >= 15 is 0 Å². The van der Waals surface area contributed by atoms with Crippen LogP contribution in [0.4, 0.5) is 5.69 Å². The van der Waals surface area contributed by atoms with Crippen LogP contribution in [0.15, 0.2) is 36.4 Å². The molecule has 0 radical (unpaired) electrons. The molecule has 3 aromatic rings. The lowest BCUT2D eigenvalue weighted by Crippen LogP contribution is -2.03. The van der Waals surface area contributed by atoms with E-state index < -0.39 is 0 Å². The van der Waals surface area contributed by atoms with Crippen molar-refractivity contribution in [2.24, 2.45) is 0 Å². The number of nitrogens with zero attached hydrogens (tertiary/aromatic N) is 2. The molecule has 0 amide bonds. The van der Waals surface area contributed by atoms with Gasteiger partial charge in [-0.2, -0.15) is 5.26 Å². The first-order chi connectivity index (χ1) is 11.5. The lowest BCUT2D eigenvalue weighted by Gasteiger charge is -2.14. The maximum atomic E-state index is 9.75. The third-order valence-electron chi connectivity index (χ3n) is 4.28. The molecule has 3 rings (SSSR count). The summed E-state index contributed by atoms with van der Waals surface area (Å²) in [6.45, 7) is 6.22. The van der Waals surface area contributed by atoms with Crippen molar-refractivity contribution >= 4 is 22.8 Å². The van der Waals surface area contributed by atoms with E-state index in [0.29, 0.717) is 16.8 Å². The molecule has 2 aromatic carbocycles. The number of nitriles is 1. The third kappa shape index (κ3) is 2.35. The van der Waals surface area contributed by atoms with Crippen LogP contribution in [0.3, 0.4) is 0 Å². The molecule has 0 aliphatic heterocycles. The zero-order valence-corrected chi connectivity index (χ0v) is 14.1. The molecule has 3 N–H and O–H groups in total. The highest BCUT2D eigenvalue weighted by Gasteiger charge is 2.21. The van der Waals surface area contributed by atoms with E-state index in [1.807, 2.05) is 24.3 Å². The first-order valence-corrected chi connectivity index (χ1v) is 7.93. The summed E-state index contributed by atoms with van der Waals surface area (Å²) in [7, 11) is 0. The van der Waals surface area contributed by atoms with Gasteiger partial charge in [-0.3, -0.25) is 0 Å². The standard InChI is InChI=1S/C20H20N4/c1-12(2)20-17(11-22)16-9-18(23)14(10-21)8-19(16)24(20)15-6-4-5-13(3)7-15/h4-10,12,21H,23H2,1-3H3. The molecule has 1 aromatic heterocycles. The van der Waals surface area contributed by atoms with E-state index in [9.17, 15) is 5.26 Å². The molecule has 0 aliphatic rings. The summed E-state index contributed by atoms with van der Waals surface area (Å²) >= 11 is 0. The molecule has 4 heteroatoms. The Bertz CT molecular complexity index is 987. The smallest absolute Gasteiger partial charge is 0.102 e. The van der Waals surface area contributed by atoms with Crippen molar-refractivity contribution in [2.75, 3.05) is 5.73 Å². The first kappa shape index (κ1) is 15.8. The van der Waals surface area contributed by atoms with E-state index in [0.717, 1.165) is 27.8 Å². The highest BCUT2D eigenvalue weighted by Crippen LogP contribution is 2.35. The van der Waals surface area contributed by atoms with Crippen molar-refractivity contribution in [3.05, 3.63) is 58.8 Å². The second-order valence-corrected chi connectivity index (χ2v) is 6.34. The molecule has 0 fully saturated rings. The maximum absolute atomic E-state index is 9.75. The van der Waals surface area contributed by atoms with Crippen molar-refractivity contribution in [3.63, 3.8) is 0 Å². The lowest BCUT2D eigenvalue weighted by atomic mass is 10.0. The second kappa shape index (κ2) is 5.86. The topological polar surface area (TPSA) is 78.6 Å². The summed E-state index contributed by atoms with van der Waals surface area (Å²) in [4.78, 5) is 0. The molecule has 0 atom stereocenters. The van der Waals surface area contributed by atoms with Crippen LogP contribution in [-0.4, -0.2) is 10.8 Å². The monoisotopic (exact) mass is 316 g/mol. The van der Waals surface area contributed by atoms with Gasteiger partial charge in [-0.1, -0.05) is 26.0 Å². The van der Waals surface area contributed by atoms with Crippen molar-refractivity contribution in [3.8, 4) is 11.8 Å². The fourth-order valence-electron chi connectivity index (χ4n) is 3.22. The lowest BCUT2D eigenvalue weighted by molar-refractivity contribution is 0.792. The summed E-state index contributed by atoms with van der Waals surface area (Å²) < 4.78 is 2.12. The van der Waals surface area contributed by atoms with Crippen LogP contribution < -0.4 is 5.73 Å². The van der Waals surface area contributed by atoms with E-state index in [-0.39, 0.29) is 5.92 Å². The number of rotatable bonds is 3. The minimum absolute atomic E-state index is 0.178. The molecule has 0 saturated heterocycles. The number of hydrogen-bond donors (Lipinski definition) is 2. The Morgan fingerprint density at radius 3 is 2.58 bits per heavy atom. The molecule has 0 unspecified atom stereocenters. The van der Waals surface area contributed by atoms with Gasteiger partial charge in [0, 0.05) is 34.2 Å². The average Bonchev–Trinajstić information content (AvgIpc) is 2.87. The first-order valence-electron chi connectivity index (χ1n) is 7.93. The SMILES string of the molecule is Cc1cccc(-n2c(C(C)C)c(C#N)c3cc(N)c(C=N)cc32)c1. The zero-order chi connectivity index (χ0) is 17.4. The molecule has 0 saturated carbocycles. The third-order valence-corrected chi connectivity index (χ3v) is 4.28. The number of aryl methyl sites for hydroxylation is 1. The summed E-state index contributed by atoms with van der Waals surface area (Å²) in [5.74, 6) is 0.178. The number of aromatic nitrogens is 1. The van der Waals surface area contributed by atoms with Gasteiger partial charge in [0.1, 0.15) is 6.07 Å². The molecule has 120 valence electrons. The zero-order valence-electron chi connectivity index (χ0n) is 14.1. The summed E-state index contributed by atoms with van der Waals surface area (Å²) in [6.07, 6.45) is 1.25. The second-order valence-electron chi connectivity index (χ2n) is 6.34. The van der Waals surface area contributed by atoms with Gasteiger partial charge in [0.2, 0.25) is 0 Å². The van der Waals surface area contributed by atoms with Crippen LogP contribution in [0.5, 0.6) is 0 Å².